The van der Waals surface area contributed by atoms with Crippen molar-refractivity contribution in [2.75, 3.05) is 0 Å². The van der Waals surface area contributed by atoms with E-state index in [-0.39, 0.29) is 0 Å². The fourth-order valence-corrected chi connectivity index (χ4v) is 1.55. The molecule has 85 valence electrons. The largest absolute Gasteiger partial charge is 0.508 e. The lowest BCUT2D eigenvalue weighted by Gasteiger charge is -2.21. The maximum atomic E-state index is 9.17. The van der Waals surface area contributed by atoms with Crippen LogP contribution in [0.4, 0.5) is 0 Å². The van der Waals surface area contributed by atoms with Crippen LogP contribution in [0.1, 0.15) is 18.9 Å². The van der Waals surface area contributed by atoms with E-state index in [9.17, 15) is 5.11 Å². The van der Waals surface area contributed by atoms with Crippen molar-refractivity contribution in [3.8, 4) is 5.75 Å². The summed E-state index contributed by atoms with van der Waals surface area (Å²) in [6.07, 6.45) is 4.95. The molecule has 4 heteroatoms. The van der Waals surface area contributed by atoms with Crippen molar-refractivity contribution in [1.82, 2.24) is 15.6 Å². The number of benzene rings is 1. The second kappa shape index (κ2) is 4.90. The van der Waals surface area contributed by atoms with Crippen molar-refractivity contribution in [2.45, 2.75) is 19.9 Å². The number of nitrogens with one attached hydrogen (secondary N) is 1. The van der Waals surface area contributed by atoms with Gasteiger partial charge in [0.05, 0.1) is 13.1 Å². The van der Waals surface area contributed by atoms with E-state index in [1.807, 2.05) is 34.6 Å². The Bertz CT molecular complexity index is 361. The van der Waals surface area contributed by atoms with E-state index in [2.05, 4.69) is 19.0 Å². The molecule has 0 aromatic heterocycles. The van der Waals surface area contributed by atoms with Crippen molar-refractivity contribution < 1.29 is 5.11 Å². The van der Waals surface area contributed by atoms with Gasteiger partial charge in [0.1, 0.15) is 5.75 Å². The van der Waals surface area contributed by atoms with Crippen molar-refractivity contribution in [2.24, 2.45) is 0 Å². The number of rotatable bonds is 4. The SMILES string of the molecule is CC[CH]N1C=CN(Cc2ccc(O)cc2)N1. The molecule has 1 aliphatic rings. The molecule has 0 atom stereocenters. The van der Waals surface area contributed by atoms with Crippen molar-refractivity contribution in [3.63, 3.8) is 0 Å². The molecule has 0 unspecified atom stereocenters. The lowest BCUT2D eigenvalue weighted by Crippen LogP contribution is -2.37. The molecule has 16 heavy (non-hydrogen) atoms. The lowest BCUT2D eigenvalue weighted by atomic mass is 10.2. The average molecular weight is 218 g/mol. The molecule has 1 heterocycles. The van der Waals surface area contributed by atoms with Gasteiger partial charge in [-0.3, -0.25) is 10.0 Å². The third-order valence-electron chi connectivity index (χ3n) is 2.32. The molecule has 2 rings (SSSR count). The highest BCUT2D eigenvalue weighted by atomic mass is 16.3. The van der Waals surface area contributed by atoms with Crippen LogP contribution in [0, 0.1) is 6.54 Å². The van der Waals surface area contributed by atoms with Gasteiger partial charge in [-0.25, -0.2) is 0 Å². The number of hydrazine groups is 2. The molecule has 1 aromatic carbocycles. The first-order chi connectivity index (χ1) is 7.78. The van der Waals surface area contributed by atoms with Crippen molar-refractivity contribution in [3.05, 3.63) is 48.8 Å². The zero-order valence-electron chi connectivity index (χ0n) is 9.30. The van der Waals surface area contributed by atoms with Gasteiger partial charge >= 0.3 is 0 Å². The van der Waals surface area contributed by atoms with E-state index < -0.39 is 0 Å². The summed E-state index contributed by atoms with van der Waals surface area (Å²) in [7, 11) is 0. The third-order valence-corrected chi connectivity index (χ3v) is 2.32. The number of hydrogen-bond donors (Lipinski definition) is 2. The van der Waals surface area contributed by atoms with Crippen LogP contribution >= 0.6 is 0 Å². The normalized spacial score (nSPS) is 14.8. The Labute approximate surface area is 95.7 Å². The Morgan fingerprint density at radius 1 is 1.25 bits per heavy atom. The molecule has 4 nitrogen and oxygen atoms in total. The van der Waals surface area contributed by atoms with Crippen LogP contribution in [0.5, 0.6) is 5.75 Å². The van der Waals surface area contributed by atoms with E-state index in [1.165, 1.54) is 0 Å². The molecule has 0 saturated carbocycles. The summed E-state index contributed by atoms with van der Waals surface area (Å²) in [6.45, 7) is 4.93. The molecular weight excluding hydrogens is 202 g/mol. The summed E-state index contributed by atoms with van der Waals surface area (Å²) < 4.78 is 0. The monoisotopic (exact) mass is 218 g/mol. The fourth-order valence-electron chi connectivity index (χ4n) is 1.55. The van der Waals surface area contributed by atoms with E-state index in [1.54, 1.807) is 12.1 Å². The van der Waals surface area contributed by atoms with Crippen LogP contribution in [0.3, 0.4) is 0 Å². The second-order valence-corrected chi connectivity index (χ2v) is 3.69. The highest BCUT2D eigenvalue weighted by molar-refractivity contribution is 5.25. The van der Waals surface area contributed by atoms with E-state index in [0.717, 1.165) is 18.5 Å². The minimum atomic E-state index is 0.301. The molecule has 1 aromatic rings. The first-order valence-corrected chi connectivity index (χ1v) is 5.39. The molecule has 0 spiro atoms. The zero-order valence-corrected chi connectivity index (χ0v) is 9.30. The Morgan fingerprint density at radius 2 is 2.00 bits per heavy atom. The molecule has 1 aliphatic heterocycles. The van der Waals surface area contributed by atoms with Crippen LogP contribution < -0.4 is 5.53 Å². The lowest BCUT2D eigenvalue weighted by molar-refractivity contribution is 0.154. The molecule has 0 saturated heterocycles. The van der Waals surface area contributed by atoms with E-state index in [4.69, 9.17) is 0 Å². The molecular formula is C12H16N3O. The summed E-state index contributed by atoms with van der Waals surface area (Å²) in [5, 5.41) is 13.1. The average Bonchev–Trinajstić information content (AvgIpc) is 2.70. The Kier molecular flexibility index (Phi) is 3.31. The molecule has 0 amide bonds. The molecule has 0 bridgehead atoms. The van der Waals surface area contributed by atoms with Gasteiger partial charge < -0.3 is 5.11 Å². The van der Waals surface area contributed by atoms with E-state index >= 15 is 0 Å². The summed E-state index contributed by atoms with van der Waals surface area (Å²) in [5.41, 5.74) is 4.34. The summed E-state index contributed by atoms with van der Waals surface area (Å²) >= 11 is 0. The molecule has 0 fully saturated rings. The van der Waals surface area contributed by atoms with Crippen LogP contribution in [0.25, 0.3) is 0 Å². The smallest absolute Gasteiger partial charge is 0.115 e. The highest BCUT2D eigenvalue weighted by Crippen LogP contribution is 2.13. The highest BCUT2D eigenvalue weighted by Gasteiger charge is 2.10. The standard InChI is InChI=1S/C12H16N3O/c1-2-7-14-8-9-15(13-14)10-11-3-5-12(16)6-4-11/h3-9,13,16H,2,10H2,1H3. The first kappa shape index (κ1) is 10.8. The molecule has 0 aliphatic carbocycles. The molecule has 2 N–H and O–H groups in total. The van der Waals surface area contributed by atoms with Gasteiger partial charge in [-0.15, -0.1) is 5.53 Å². The molecule has 1 radical (unpaired) electrons. The quantitative estimate of drug-likeness (QED) is 0.810. The van der Waals surface area contributed by atoms with Gasteiger partial charge in [-0.05, 0) is 24.1 Å². The fraction of sp³-hybridized carbons (Fsp3) is 0.250. The minimum Gasteiger partial charge on any atom is -0.508 e. The van der Waals surface area contributed by atoms with Gasteiger partial charge in [0.15, 0.2) is 0 Å². The van der Waals surface area contributed by atoms with Crippen LogP contribution in [0.2, 0.25) is 0 Å². The first-order valence-electron chi connectivity index (χ1n) is 5.39. The maximum absolute atomic E-state index is 9.17. The predicted molar refractivity (Wildman–Crippen MR) is 62.4 cm³/mol. The number of nitrogens with zero attached hydrogens (tertiary/aromatic N) is 2. The maximum Gasteiger partial charge on any atom is 0.115 e. The zero-order chi connectivity index (χ0) is 11.4. The van der Waals surface area contributed by atoms with Crippen molar-refractivity contribution in [1.29, 1.82) is 0 Å². The third kappa shape index (κ3) is 2.67. The number of aromatic hydroxyl groups is 1. The summed E-state index contributed by atoms with van der Waals surface area (Å²) in [5.74, 6) is 0.301. The summed E-state index contributed by atoms with van der Waals surface area (Å²) in [4.78, 5) is 0. The number of hydrogen-bond acceptors (Lipinski definition) is 4. The Hall–Kier alpha value is -1.68. The van der Waals surface area contributed by atoms with Gasteiger partial charge in [0.2, 0.25) is 0 Å². The second-order valence-electron chi connectivity index (χ2n) is 3.69. The van der Waals surface area contributed by atoms with Crippen molar-refractivity contribution >= 4 is 0 Å². The predicted octanol–water partition coefficient (Wildman–Crippen LogP) is 1.97. The van der Waals surface area contributed by atoms with Gasteiger partial charge in [0, 0.05) is 12.4 Å². The van der Waals surface area contributed by atoms with Gasteiger partial charge in [0.25, 0.3) is 0 Å². The van der Waals surface area contributed by atoms with Gasteiger partial charge in [-0.1, -0.05) is 19.1 Å². The Balaban J connectivity index is 1.88. The van der Waals surface area contributed by atoms with Gasteiger partial charge in [-0.2, -0.15) is 0 Å². The van der Waals surface area contributed by atoms with Crippen LogP contribution in [-0.4, -0.2) is 15.1 Å². The van der Waals surface area contributed by atoms with Crippen LogP contribution in [0.15, 0.2) is 36.7 Å². The summed E-state index contributed by atoms with van der Waals surface area (Å²) in [6, 6.07) is 7.23. The number of phenols is 1. The topological polar surface area (TPSA) is 38.7 Å². The minimum absolute atomic E-state index is 0.301. The Morgan fingerprint density at radius 3 is 2.69 bits per heavy atom. The van der Waals surface area contributed by atoms with Crippen LogP contribution in [-0.2, 0) is 6.54 Å². The van der Waals surface area contributed by atoms with E-state index in [0.29, 0.717) is 5.75 Å². The number of phenolic OH excluding ortho intramolecular Hbond substituents is 1.